The highest BCUT2D eigenvalue weighted by molar-refractivity contribution is 6.36. The van der Waals surface area contributed by atoms with Gasteiger partial charge in [-0.3, -0.25) is 14.6 Å². The number of likely N-dealkylation sites (tertiary alicyclic amines) is 1. The van der Waals surface area contributed by atoms with Crippen molar-refractivity contribution >= 4 is 41.2 Å². The molecule has 0 aliphatic carbocycles. The summed E-state index contributed by atoms with van der Waals surface area (Å²) in [4.78, 5) is 30.5. The lowest BCUT2D eigenvalue weighted by Gasteiger charge is -2.31. The number of benzene rings is 1. The van der Waals surface area contributed by atoms with E-state index in [1.54, 1.807) is 53.8 Å². The number of halogens is 2. The molecule has 2 heterocycles. The van der Waals surface area contributed by atoms with Crippen LogP contribution in [0.1, 0.15) is 28.8 Å². The van der Waals surface area contributed by atoms with Crippen molar-refractivity contribution in [3.63, 3.8) is 0 Å². The van der Waals surface area contributed by atoms with Crippen LogP contribution in [-0.4, -0.2) is 41.0 Å². The van der Waals surface area contributed by atoms with Crippen molar-refractivity contribution in [1.29, 1.82) is 0 Å². The number of hydrogen-bond donors (Lipinski definition) is 1. The van der Waals surface area contributed by atoms with E-state index in [0.29, 0.717) is 41.5 Å². The van der Waals surface area contributed by atoms with Crippen molar-refractivity contribution in [2.24, 2.45) is 11.0 Å². The van der Waals surface area contributed by atoms with Gasteiger partial charge in [-0.2, -0.15) is 5.10 Å². The minimum absolute atomic E-state index is 0.142. The minimum atomic E-state index is -0.177. The molecule has 1 aromatic carbocycles. The molecule has 2 amide bonds. The van der Waals surface area contributed by atoms with Crippen LogP contribution in [0.5, 0.6) is 0 Å². The van der Waals surface area contributed by atoms with Gasteiger partial charge in [0, 0.05) is 36.4 Å². The predicted molar refractivity (Wildman–Crippen MR) is 105 cm³/mol. The van der Waals surface area contributed by atoms with Gasteiger partial charge in [0.2, 0.25) is 5.91 Å². The quantitative estimate of drug-likeness (QED) is 0.626. The molecule has 1 saturated heterocycles. The molecule has 6 nitrogen and oxygen atoms in total. The summed E-state index contributed by atoms with van der Waals surface area (Å²) in [5, 5.41) is 4.79. The number of hydrazone groups is 1. The van der Waals surface area contributed by atoms with Crippen LogP contribution in [-0.2, 0) is 4.79 Å². The second-order valence-corrected chi connectivity index (χ2v) is 7.05. The Kier molecular flexibility index (Phi) is 6.42. The van der Waals surface area contributed by atoms with Crippen molar-refractivity contribution < 1.29 is 9.59 Å². The first kappa shape index (κ1) is 19.3. The number of nitrogens with zero attached hydrogens (tertiary/aromatic N) is 3. The van der Waals surface area contributed by atoms with E-state index in [1.807, 2.05) is 0 Å². The van der Waals surface area contributed by atoms with Gasteiger partial charge in [0.15, 0.2) is 0 Å². The first-order valence-corrected chi connectivity index (χ1v) is 9.27. The monoisotopic (exact) mass is 404 g/mol. The number of carbonyl (C=O) groups is 2. The highest BCUT2D eigenvalue weighted by Gasteiger charge is 2.28. The molecule has 1 aliphatic heterocycles. The summed E-state index contributed by atoms with van der Waals surface area (Å²) in [7, 11) is 0. The summed E-state index contributed by atoms with van der Waals surface area (Å²) in [5.74, 6) is -0.465. The third-order valence-corrected chi connectivity index (χ3v) is 4.96. The van der Waals surface area contributed by atoms with Crippen molar-refractivity contribution in [2.75, 3.05) is 13.1 Å². The third kappa shape index (κ3) is 5.05. The number of amides is 2. The second kappa shape index (κ2) is 8.97. The highest BCUT2D eigenvalue weighted by atomic mass is 35.5. The average molecular weight is 405 g/mol. The maximum absolute atomic E-state index is 12.6. The Hall–Kier alpha value is -2.44. The highest BCUT2D eigenvalue weighted by Crippen LogP contribution is 2.25. The van der Waals surface area contributed by atoms with Crippen LogP contribution in [0.15, 0.2) is 47.8 Å². The molecular weight excluding hydrogens is 387 g/mol. The Morgan fingerprint density at radius 2 is 1.85 bits per heavy atom. The molecule has 0 saturated carbocycles. The van der Waals surface area contributed by atoms with Gasteiger partial charge in [-0.05, 0) is 48.7 Å². The van der Waals surface area contributed by atoms with Gasteiger partial charge in [0.25, 0.3) is 5.91 Å². The van der Waals surface area contributed by atoms with Gasteiger partial charge in [-0.1, -0.05) is 23.2 Å². The molecule has 0 bridgehead atoms. The van der Waals surface area contributed by atoms with Crippen molar-refractivity contribution in [2.45, 2.75) is 12.8 Å². The second-order valence-electron chi connectivity index (χ2n) is 6.21. The molecule has 2 aromatic rings. The van der Waals surface area contributed by atoms with E-state index in [0.717, 1.165) is 5.56 Å². The molecular formula is C19H18Cl2N4O2. The summed E-state index contributed by atoms with van der Waals surface area (Å²) < 4.78 is 0. The zero-order chi connectivity index (χ0) is 19.2. The van der Waals surface area contributed by atoms with Crippen molar-refractivity contribution in [1.82, 2.24) is 15.3 Å². The lowest BCUT2D eigenvalue weighted by atomic mass is 9.95. The smallest absolute Gasteiger partial charge is 0.255 e. The van der Waals surface area contributed by atoms with Gasteiger partial charge >= 0.3 is 0 Å². The van der Waals surface area contributed by atoms with Crippen LogP contribution in [0.3, 0.4) is 0 Å². The Morgan fingerprint density at radius 1 is 1.15 bits per heavy atom. The summed E-state index contributed by atoms with van der Waals surface area (Å²) in [5.41, 5.74) is 3.84. The number of nitrogens with one attached hydrogen (secondary N) is 1. The van der Waals surface area contributed by atoms with Gasteiger partial charge < -0.3 is 4.90 Å². The molecule has 3 rings (SSSR count). The van der Waals surface area contributed by atoms with Crippen LogP contribution in [0.25, 0.3) is 0 Å². The first-order valence-electron chi connectivity index (χ1n) is 8.52. The standard InChI is InChI=1S/C19H18Cl2N4O2/c20-15-1-2-16(17(21)11-15)19(27)25-9-5-14(6-10-25)18(26)24-23-12-13-3-7-22-8-4-13/h1-4,7-8,11-12,14H,5-6,9-10H2,(H,24,26)/b23-12-. The molecule has 1 fully saturated rings. The summed E-state index contributed by atoms with van der Waals surface area (Å²) >= 11 is 12.0. The summed E-state index contributed by atoms with van der Waals surface area (Å²) in [6.45, 7) is 0.980. The molecule has 1 aromatic heterocycles. The van der Waals surface area contributed by atoms with Crippen molar-refractivity contribution in [3.05, 3.63) is 63.9 Å². The van der Waals surface area contributed by atoms with Crippen LogP contribution >= 0.6 is 23.2 Å². The lowest BCUT2D eigenvalue weighted by molar-refractivity contribution is -0.126. The van der Waals surface area contributed by atoms with E-state index < -0.39 is 0 Å². The van der Waals surface area contributed by atoms with Crippen molar-refractivity contribution in [3.8, 4) is 0 Å². The fraction of sp³-hybridized carbons (Fsp3) is 0.263. The fourth-order valence-corrected chi connectivity index (χ4v) is 3.38. The molecule has 0 spiro atoms. The SMILES string of the molecule is O=C(N/N=C\c1ccncc1)C1CCN(C(=O)c2ccc(Cl)cc2Cl)CC1. The molecule has 0 unspecified atom stereocenters. The minimum Gasteiger partial charge on any atom is -0.339 e. The van der Waals surface area contributed by atoms with Gasteiger partial charge in [-0.15, -0.1) is 0 Å². The predicted octanol–water partition coefficient (Wildman–Crippen LogP) is 3.39. The van der Waals surface area contributed by atoms with Gasteiger partial charge in [0.1, 0.15) is 0 Å². The topological polar surface area (TPSA) is 74.7 Å². The zero-order valence-corrected chi connectivity index (χ0v) is 16.0. The lowest BCUT2D eigenvalue weighted by Crippen LogP contribution is -2.42. The van der Waals surface area contributed by atoms with E-state index in [9.17, 15) is 9.59 Å². The number of pyridine rings is 1. The van der Waals surface area contributed by atoms with E-state index in [2.05, 4.69) is 15.5 Å². The summed E-state index contributed by atoms with van der Waals surface area (Å²) in [6.07, 6.45) is 6.04. The zero-order valence-electron chi connectivity index (χ0n) is 14.4. The van der Waals surface area contributed by atoms with Gasteiger partial charge in [0.05, 0.1) is 16.8 Å². The van der Waals surface area contributed by atoms with Crippen LogP contribution in [0.4, 0.5) is 0 Å². The molecule has 8 heteroatoms. The third-order valence-electron chi connectivity index (χ3n) is 4.41. The van der Waals surface area contributed by atoms with E-state index in [1.165, 1.54) is 0 Å². The maximum Gasteiger partial charge on any atom is 0.255 e. The largest absolute Gasteiger partial charge is 0.339 e. The average Bonchev–Trinajstić information content (AvgIpc) is 2.68. The normalized spacial score (nSPS) is 15.1. The van der Waals surface area contributed by atoms with E-state index in [4.69, 9.17) is 23.2 Å². The Bertz CT molecular complexity index is 850. The molecule has 27 heavy (non-hydrogen) atoms. The molecule has 1 aliphatic rings. The molecule has 0 radical (unpaired) electrons. The fourth-order valence-electron chi connectivity index (χ4n) is 2.89. The molecule has 140 valence electrons. The molecule has 0 atom stereocenters. The number of carbonyl (C=O) groups excluding carboxylic acids is 2. The number of hydrogen-bond acceptors (Lipinski definition) is 4. The Balaban J connectivity index is 1.51. The number of aromatic nitrogens is 1. The Morgan fingerprint density at radius 3 is 2.52 bits per heavy atom. The maximum atomic E-state index is 12.6. The van der Waals surface area contributed by atoms with Crippen LogP contribution in [0.2, 0.25) is 10.0 Å². The first-order chi connectivity index (χ1) is 13.0. The Labute approximate surface area is 167 Å². The number of rotatable bonds is 4. The number of piperidine rings is 1. The van der Waals surface area contributed by atoms with E-state index >= 15 is 0 Å². The van der Waals surface area contributed by atoms with Crippen LogP contribution in [0, 0.1) is 5.92 Å². The van der Waals surface area contributed by atoms with Gasteiger partial charge in [-0.25, -0.2) is 5.43 Å². The summed E-state index contributed by atoms with van der Waals surface area (Å²) in [6, 6.07) is 8.40. The van der Waals surface area contributed by atoms with Crippen LogP contribution < -0.4 is 5.43 Å². The molecule has 1 N–H and O–H groups in total. The van der Waals surface area contributed by atoms with E-state index in [-0.39, 0.29) is 17.7 Å².